The highest BCUT2D eigenvalue weighted by atomic mass is 32.1. The molecule has 2 saturated carbocycles. The molecule has 1 aromatic carbocycles. The highest BCUT2D eigenvalue weighted by Crippen LogP contribution is 2.69. The maximum Gasteiger partial charge on any atom is 0.408 e. The van der Waals surface area contributed by atoms with E-state index in [1.165, 1.54) is 29.4 Å². The molecule has 3 fully saturated rings. The van der Waals surface area contributed by atoms with Crippen molar-refractivity contribution in [2.75, 3.05) is 32.2 Å². The predicted molar refractivity (Wildman–Crippen MR) is 226 cm³/mol. The number of methoxy groups -OCH3 is 1. The van der Waals surface area contributed by atoms with E-state index in [0.29, 0.717) is 33.8 Å². The third-order valence-corrected chi connectivity index (χ3v) is 14.5. The monoisotopic (exact) mass is 853 g/mol. The molecule has 18 heteroatoms. The van der Waals surface area contributed by atoms with Crippen LogP contribution in [0.3, 0.4) is 0 Å². The molecular formula is C41H56N7O9PS. The third-order valence-electron chi connectivity index (χ3n) is 11.1. The molecule has 1 saturated heterocycles. The first-order valence-electron chi connectivity index (χ1n) is 20.0. The van der Waals surface area contributed by atoms with E-state index >= 15 is 0 Å². The van der Waals surface area contributed by atoms with Gasteiger partial charge in [-0.05, 0) is 63.5 Å². The van der Waals surface area contributed by atoms with Crippen molar-refractivity contribution in [2.45, 2.75) is 109 Å². The molecule has 6 rings (SSSR count). The molecule has 320 valence electrons. The van der Waals surface area contributed by atoms with Crippen LogP contribution in [0.4, 0.5) is 9.93 Å². The van der Waals surface area contributed by atoms with E-state index in [2.05, 4.69) is 27.8 Å². The average molecular weight is 854 g/mol. The number of aromatic nitrogens is 2. The SMILES string of the molecule is C=C[C@@H]1C[C@]1(NC(=O)[C@@H]1C[C@@H](Oc2cc(-c3csc(NC(C)C)n3)nc3cc(OC)ccc23)CN1C(=O)[C@@H](NC(=O)OC1CCCC1)C(C)(C)C)P(=O)(O)CC(=O)NC. The molecule has 0 bridgehead atoms. The lowest BCUT2D eigenvalue weighted by Gasteiger charge is -2.35. The lowest BCUT2D eigenvalue weighted by molar-refractivity contribution is -0.142. The number of amides is 4. The maximum absolute atomic E-state index is 14.8. The van der Waals surface area contributed by atoms with Gasteiger partial charge in [0.25, 0.3) is 0 Å². The van der Waals surface area contributed by atoms with Gasteiger partial charge in [0.05, 0.1) is 24.9 Å². The second-order valence-corrected chi connectivity index (χ2v) is 20.3. The first-order chi connectivity index (χ1) is 27.9. The van der Waals surface area contributed by atoms with Crippen LogP contribution in [0.1, 0.15) is 73.1 Å². The highest BCUT2D eigenvalue weighted by Gasteiger charge is 2.66. The zero-order valence-electron chi connectivity index (χ0n) is 34.7. The standard InChI is InChI=1S/C41H56N7O9PS/c1-9-24-19-41(24,58(53,54)21-34(49)42-7)47-36(50)32-17-27(20-48(32)37(51)35(40(4,5)6)46-39(52)57-25-12-10-11-13-25)56-33-18-30(31-22-59-38(45-31)43-23(2)3)44-29-16-26(55-8)14-15-28(29)33/h9,14-16,18,22-25,27,32,35H,1,10-13,17,19-21H2,2-8H3,(H,42,49)(H,43,45)(H,46,52)(H,47,50)(H,53,54)/t24-,27-,32+,35-,41+/m1/s1. The van der Waals surface area contributed by atoms with E-state index in [1.54, 1.807) is 46.1 Å². The quantitative estimate of drug-likeness (QED) is 0.0928. The number of hydrogen-bond donors (Lipinski definition) is 5. The fraction of sp³-hybridized carbons (Fsp3) is 0.561. The molecular weight excluding hydrogens is 798 g/mol. The highest BCUT2D eigenvalue weighted by molar-refractivity contribution is 7.61. The first-order valence-corrected chi connectivity index (χ1v) is 22.7. The summed E-state index contributed by atoms with van der Waals surface area (Å²) in [5, 5.41) is 12.9. The summed E-state index contributed by atoms with van der Waals surface area (Å²) in [5.41, 5.74) is 0.904. The number of carbonyl (C=O) groups is 4. The normalized spacial score (nSPS) is 23.3. The molecule has 4 amide bonds. The van der Waals surface area contributed by atoms with Crippen LogP contribution in [0.5, 0.6) is 11.5 Å². The average Bonchev–Trinajstić information content (AvgIpc) is 3.57. The second kappa shape index (κ2) is 17.5. The van der Waals surface area contributed by atoms with Gasteiger partial charge >= 0.3 is 6.09 Å². The summed E-state index contributed by atoms with van der Waals surface area (Å²) in [5.74, 6) is -1.47. The zero-order valence-corrected chi connectivity index (χ0v) is 36.4. The Kier molecular flexibility index (Phi) is 13.0. The lowest BCUT2D eigenvalue weighted by atomic mass is 9.85. The van der Waals surface area contributed by atoms with Crippen LogP contribution < -0.4 is 30.7 Å². The van der Waals surface area contributed by atoms with Crippen molar-refractivity contribution >= 4 is 58.6 Å². The number of alkyl carbamates (subject to hydrolysis) is 1. The summed E-state index contributed by atoms with van der Waals surface area (Å²) in [6.07, 6.45) is 2.53. The van der Waals surface area contributed by atoms with E-state index in [1.807, 2.05) is 25.3 Å². The Bertz CT molecular complexity index is 2130. The van der Waals surface area contributed by atoms with Gasteiger partial charge in [-0.3, -0.25) is 18.9 Å². The number of ether oxygens (including phenoxy) is 3. The second-order valence-electron chi connectivity index (χ2n) is 17.0. The smallest absolute Gasteiger partial charge is 0.408 e. The van der Waals surface area contributed by atoms with Gasteiger partial charge in [-0.1, -0.05) is 26.8 Å². The minimum atomic E-state index is -4.34. The molecule has 1 unspecified atom stereocenters. The maximum atomic E-state index is 14.8. The number of nitrogens with one attached hydrogen (secondary N) is 4. The Morgan fingerprint density at radius 2 is 1.85 bits per heavy atom. The van der Waals surface area contributed by atoms with Crippen LogP contribution >= 0.6 is 18.7 Å². The van der Waals surface area contributed by atoms with Gasteiger partial charge < -0.3 is 45.3 Å². The molecule has 6 atom stereocenters. The van der Waals surface area contributed by atoms with Gasteiger partial charge in [0.1, 0.15) is 52.9 Å². The molecule has 3 heterocycles. The summed E-state index contributed by atoms with van der Waals surface area (Å²) in [6, 6.07) is 5.03. The van der Waals surface area contributed by atoms with Gasteiger partial charge in [0.15, 0.2) is 5.13 Å². The Morgan fingerprint density at radius 1 is 1.12 bits per heavy atom. The zero-order chi connectivity index (χ0) is 42.9. The molecule has 3 aromatic rings. The molecule has 2 aliphatic carbocycles. The third kappa shape index (κ3) is 9.68. The van der Waals surface area contributed by atoms with E-state index in [9.17, 15) is 28.6 Å². The Hall–Kier alpha value is -4.73. The number of rotatable bonds is 15. The number of hydrogen-bond acceptors (Lipinski definition) is 12. The lowest BCUT2D eigenvalue weighted by Crippen LogP contribution is -2.58. The van der Waals surface area contributed by atoms with Crippen LogP contribution in [0.25, 0.3) is 22.3 Å². The van der Waals surface area contributed by atoms with Gasteiger partial charge in [-0.25, -0.2) is 14.8 Å². The van der Waals surface area contributed by atoms with Crippen molar-refractivity contribution in [1.82, 2.24) is 30.8 Å². The minimum absolute atomic E-state index is 0.00453. The van der Waals surface area contributed by atoms with Crippen LogP contribution in [-0.4, -0.2) is 106 Å². The fourth-order valence-corrected chi connectivity index (χ4v) is 10.9. The molecule has 59 heavy (non-hydrogen) atoms. The molecule has 0 radical (unpaired) electrons. The largest absolute Gasteiger partial charge is 0.497 e. The minimum Gasteiger partial charge on any atom is -0.497 e. The number of carbonyl (C=O) groups excluding carboxylic acids is 4. The van der Waals surface area contributed by atoms with E-state index < -0.39 is 72.1 Å². The van der Waals surface area contributed by atoms with E-state index in [-0.39, 0.29) is 31.5 Å². The number of anilines is 1. The first kappa shape index (κ1) is 43.8. The van der Waals surface area contributed by atoms with Crippen molar-refractivity contribution in [3.05, 3.63) is 42.3 Å². The molecule has 16 nitrogen and oxygen atoms in total. The molecule has 2 aromatic heterocycles. The van der Waals surface area contributed by atoms with Crippen LogP contribution in [0.2, 0.25) is 0 Å². The van der Waals surface area contributed by atoms with Crippen LogP contribution in [0.15, 0.2) is 42.3 Å². The molecule has 3 aliphatic rings. The van der Waals surface area contributed by atoms with Crippen LogP contribution in [0, 0.1) is 11.3 Å². The van der Waals surface area contributed by atoms with Crippen molar-refractivity contribution in [3.8, 4) is 22.9 Å². The predicted octanol–water partition coefficient (Wildman–Crippen LogP) is 5.65. The molecule has 1 aliphatic heterocycles. The Balaban J connectivity index is 1.35. The topological polar surface area (TPSA) is 210 Å². The van der Waals surface area contributed by atoms with Crippen molar-refractivity contribution < 1.29 is 42.8 Å². The van der Waals surface area contributed by atoms with Gasteiger partial charge in [0, 0.05) is 48.3 Å². The van der Waals surface area contributed by atoms with Crippen molar-refractivity contribution in [3.63, 3.8) is 0 Å². The van der Waals surface area contributed by atoms with Crippen LogP contribution in [-0.2, 0) is 23.7 Å². The summed E-state index contributed by atoms with van der Waals surface area (Å²) in [4.78, 5) is 77.1. The molecule has 5 N–H and O–H groups in total. The Labute approximate surface area is 348 Å². The number of fused-ring (bicyclic) bond motifs is 1. The number of thiazole rings is 1. The number of pyridine rings is 1. The van der Waals surface area contributed by atoms with Gasteiger partial charge in [0.2, 0.25) is 25.1 Å². The summed E-state index contributed by atoms with van der Waals surface area (Å²) >= 11 is 1.44. The van der Waals surface area contributed by atoms with Crippen molar-refractivity contribution in [1.29, 1.82) is 0 Å². The van der Waals surface area contributed by atoms with Gasteiger partial charge in [-0.15, -0.1) is 17.9 Å². The number of benzene rings is 1. The van der Waals surface area contributed by atoms with E-state index in [4.69, 9.17) is 24.2 Å². The summed E-state index contributed by atoms with van der Waals surface area (Å²) in [7, 11) is -1.42. The van der Waals surface area contributed by atoms with Crippen molar-refractivity contribution in [2.24, 2.45) is 11.3 Å². The number of nitrogens with zero attached hydrogens (tertiary/aromatic N) is 3. The summed E-state index contributed by atoms with van der Waals surface area (Å²) in [6.45, 7) is 13.2. The molecule has 0 spiro atoms. The Morgan fingerprint density at radius 3 is 2.47 bits per heavy atom. The fourth-order valence-electron chi connectivity index (χ4n) is 7.81. The van der Waals surface area contributed by atoms with E-state index in [0.717, 1.165) is 30.8 Å². The van der Waals surface area contributed by atoms with Gasteiger partial charge in [-0.2, -0.15) is 0 Å². The number of likely N-dealkylation sites (tertiary alicyclic amines) is 1. The summed E-state index contributed by atoms with van der Waals surface area (Å²) < 4.78 is 31.7.